The Labute approximate surface area is 103 Å². The van der Waals surface area contributed by atoms with Crippen LogP contribution in [0, 0.1) is 0 Å². The molecule has 0 bridgehead atoms. The highest BCUT2D eigenvalue weighted by Crippen LogP contribution is 2.23. The van der Waals surface area contributed by atoms with Crippen LogP contribution >= 0.6 is 15.9 Å². The van der Waals surface area contributed by atoms with Gasteiger partial charge in [0.2, 0.25) is 0 Å². The van der Waals surface area contributed by atoms with E-state index in [4.69, 9.17) is 5.73 Å². The van der Waals surface area contributed by atoms with E-state index in [9.17, 15) is 0 Å². The van der Waals surface area contributed by atoms with E-state index in [0.717, 1.165) is 15.9 Å². The van der Waals surface area contributed by atoms with Crippen molar-refractivity contribution >= 4 is 15.9 Å². The van der Waals surface area contributed by atoms with Crippen molar-refractivity contribution < 1.29 is 0 Å². The van der Waals surface area contributed by atoms with E-state index in [2.05, 4.69) is 26.0 Å². The smallest absolute Gasteiger partial charge is 0.0694 e. The van der Waals surface area contributed by atoms with Crippen LogP contribution in [0.5, 0.6) is 0 Å². The summed E-state index contributed by atoms with van der Waals surface area (Å²) in [5.74, 6) is 0. The zero-order valence-corrected chi connectivity index (χ0v) is 10.6. The van der Waals surface area contributed by atoms with E-state index in [1.54, 1.807) is 17.1 Å². The lowest BCUT2D eigenvalue weighted by Gasteiger charge is -2.12. The van der Waals surface area contributed by atoms with Gasteiger partial charge >= 0.3 is 0 Å². The van der Waals surface area contributed by atoms with Crippen LogP contribution < -0.4 is 5.73 Å². The standard InChI is InChI=1S/C11H13BrN4/c1-16-11(9(12)7-15-16)10(13)6-8-4-2-3-5-14-8/h2-5,7,10H,6,13H2,1H3. The molecule has 0 aliphatic rings. The first kappa shape index (κ1) is 11.3. The van der Waals surface area contributed by atoms with Gasteiger partial charge in [0.15, 0.2) is 0 Å². The molecule has 1 atom stereocenters. The van der Waals surface area contributed by atoms with E-state index in [1.165, 1.54) is 0 Å². The Morgan fingerprint density at radius 2 is 2.31 bits per heavy atom. The normalized spacial score (nSPS) is 12.7. The molecule has 0 aromatic carbocycles. The molecular formula is C11H13BrN4. The highest BCUT2D eigenvalue weighted by Gasteiger charge is 2.15. The van der Waals surface area contributed by atoms with E-state index in [-0.39, 0.29) is 6.04 Å². The lowest BCUT2D eigenvalue weighted by Crippen LogP contribution is -2.18. The molecule has 0 saturated carbocycles. The zero-order chi connectivity index (χ0) is 11.5. The molecule has 16 heavy (non-hydrogen) atoms. The van der Waals surface area contributed by atoms with Crippen LogP contribution in [0.2, 0.25) is 0 Å². The molecular weight excluding hydrogens is 268 g/mol. The van der Waals surface area contributed by atoms with Crippen LogP contribution in [0.1, 0.15) is 17.4 Å². The average molecular weight is 281 g/mol. The molecule has 84 valence electrons. The molecule has 0 radical (unpaired) electrons. The van der Waals surface area contributed by atoms with Crippen LogP contribution in [0.4, 0.5) is 0 Å². The second-order valence-electron chi connectivity index (χ2n) is 3.63. The first-order valence-electron chi connectivity index (χ1n) is 5.01. The van der Waals surface area contributed by atoms with Gasteiger partial charge in [0, 0.05) is 25.4 Å². The maximum Gasteiger partial charge on any atom is 0.0694 e. The van der Waals surface area contributed by atoms with Gasteiger partial charge in [-0.05, 0) is 28.1 Å². The molecule has 2 heterocycles. The number of pyridine rings is 1. The number of nitrogens with zero attached hydrogens (tertiary/aromatic N) is 3. The van der Waals surface area contributed by atoms with Gasteiger partial charge in [0.1, 0.15) is 0 Å². The minimum absolute atomic E-state index is 0.100. The van der Waals surface area contributed by atoms with Crippen molar-refractivity contribution in [2.75, 3.05) is 0 Å². The lowest BCUT2D eigenvalue weighted by molar-refractivity contribution is 0.609. The Bertz CT molecular complexity index is 447. The maximum absolute atomic E-state index is 6.14. The number of hydrogen-bond donors (Lipinski definition) is 1. The summed E-state index contributed by atoms with van der Waals surface area (Å²) >= 11 is 3.45. The highest BCUT2D eigenvalue weighted by molar-refractivity contribution is 9.10. The monoisotopic (exact) mass is 280 g/mol. The number of aryl methyl sites for hydroxylation is 1. The summed E-state index contributed by atoms with van der Waals surface area (Å²) in [5.41, 5.74) is 8.12. The zero-order valence-electron chi connectivity index (χ0n) is 8.97. The van der Waals surface area contributed by atoms with Crippen molar-refractivity contribution in [1.29, 1.82) is 0 Å². The van der Waals surface area contributed by atoms with Crippen molar-refractivity contribution in [2.24, 2.45) is 12.8 Å². The molecule has 0 amide bonds. The van der Waals surface area contributed by atoms with Crippen molar-refractivity contribution in [1.82, 2.24) is 14.8 Å². The lowest BCUT2D eigenvalue weighted by atomic mass is 10.1. The molecule has 2 rings (SSSR count). The topological polar surface area (TPSA) is 56.7 Å². The van der Waals surface area contributed by atoms with E-state index in [0.29, 0.717) is 6.42 Å². The molecule has 0 saturated heterocycles. The molecule has 2 aromatic rings. The van der Waals surface area contributed by atoms with Crippen molar-refractivity contribution in [2.45, 2.75) is 12.5 Å². The van der Waals surface area contributed by atoms with E-state index >= 15 is 0 Å². The number of halogens is 1. The van der Waals surface area contributed by atoms with Crippen LogP contribution in [-0.4, -0.2) is 14.8 Å². The molecule has 0 aliphatic heterocycles. The van der Waals surface area contributed by atoms with Crippen molar-refractivity contribution in [3.05, 3.63) is 46.5 Å². The summed E-state index contributed by atoms with van der Waals surface area (Å²) in [5, 5.41) is 4.15. The second-order valence-corrected chi connectivity index (χ2v) is 4.49. The second kappa shape index (κ2) is 4.76. The minimum Gasteiger partial charge on any atom is -0.322 e. The number of rotatable bonds is 3. The molecule has 0 aliphatic carbocycles. The van der Waals surface area contributed by atoms with E-state index in [1.807, 2.05) is 25.2 Å². The third kappa shape index (κ3) is 2.31. The average Bonchev–Trinajstić information content (AvgIpc) is 2.60. The first-order valence-corrected chi connectivity index (χ1v) is 5.80. The first-order chi connectivity index (χ1) is 7.68. The summed E-state index contributed by atoms with van der Waals surface area (Å²) < 4.78 is 2.73. The maximum atomic E-state index is 6.14. The van der Waals surface area contributed by atoms with Crippen molar-refractivity contribution in [3.8, 4) is 0 Å². The molecule has 0 fully saturated rings. The fourth-order valence-corrected chi connectivity index (χ4v) is 2.32. The Morgan fingerprint density at radius 3 is 2.88 bits per heavy atom. The van der Waals surface area contributed by atoms with Crippen LogP contribution in [0.15, 0.2) is 35.1 Å². The van der Waals surface area contributed by atoms with Gasteiger partial charge in [-0.25, -0.2) is 0 Å². The molecule has 5 heteroatoms. The minimum atomic E-state index is -0.100. The van der Waals surface area contributed by atoms with Gasteiger partial charge < -0.3 is 5.73 Å². The highest BCUT2D eigenvalue weighted by atomic mass is 79.9. The fourth-order valence-electron chi connectivity index (χ4n) is 1.68. The number of nitrogens with two attached hydrogens (primary N) is 1. The van der Waals surface area contributed by atoms with Gasteiger partial charge in [-0.2, -0.15) is 5.10 Å². The Morgan fingerprint density at radius 1 is 1.50 bits per heavy atom. The largest absolute Gasteiger partial charge is 0.322 e. The fraction of sp³-hybridized carbons (Fsp3) is 0.273. The van der Waals surface area contributed by atoms with Gasteiger partial charge in [-0.3, -0.25) is 9.67 Å². The molecule has 1 unspecified atom stereocenters. The molecule has 2 N–H and O–H groups in total. The molecule has 4 nitrogen and oxygen atoms in total. The Hall–Kier alpha value is -1.20. The molecule has 2 aromatic heterocycles. The van der Waals surface area contributed by atoms with Gasteiger partial charge in [0.25, 0.3) is 0 Å². The summed E-state index contributed by atoms with van der Waals surface area (Å²) in [6.45, 7) is 0. The van der Waals surface area contributed by atoms with Gasteiger partial charge in [-0.1, -0.05) is 6.07 Å². The van der Waals surface area contributed by atoms with Crippen molar-refractivity contribution in [3.63, 3.8) is 0 Å². The van der Waals surface area contributed by atoms with Crippen LogP contribution in [0.3, 0.4) is 0 Å². The summed E-state index contributed by atoms with van der Waals surface area (Å²) in [6.07, 6.45) is 4.24. The van der Waals surface area contributed by atoms with E-state index < -0.39 is 0 Å². The van der Waals surface area contributed by atoms with Gasteiger partial charge in [0.05, 0.1) is 22.4 Å². The Kier molecular flexibility index (Phi) is 3.36. The SMILES string of the molecule is Cn1ncc(Br)c1C(N)Cc1ccccn1. The third-order valence-corrected chi connectivity index (χ3v) is 3.06. The Balaban J connectivity index is 2.18. The van der Waals surface area contributed by atoms with Crippen LogP contribution in [0.25, 0.3) is 0 Å². The number of aromatic nitrogens is 3. The summed E-state index contributed by atoms with van der Waals surface area (Å²) in [7, 11) is 1.89. The summed E-state index contributed by atoms with van der Waals surface area (Å²) in [4.78, 5) is 4.26. The summed E-state index contributed by atoms with van der Waals surface area (Å²) in [6, 6.07) is 5.74. The number of hydrogen-bond acceptors (Lipinski definition) is 3. The third-order valence-electron chi connectivity index (χ3n) is 2.44. The quantitative estimate of drug-likeness (QED) is 0.933. The predicted molar refractivity (Wildman–Crippen MR) is 65.8 cm³/mol. The predicted octanol–water partition coefficient (Wildman–Crippen LogP) is 1.82. The van der Waals surface area contributed by atoms with Crippen LogP contribution in [-0.2, 0) is 13.5 Å². The van der Waals surface area contributed by atoms with Gasteiger partial charge in [-0.15, -0.1) is 0 Å². The molecule has 0 spiro atoms.